The van der Waals surface area contributed by atoms with Crippen molar-refractivity contribution >= 4 is 76.1 Å². The number of ether oxygens (including phenoxy) is 1. The second kappa shape index (κ2) is 19.0. The fourth-order valence-electron chi connectivity index (χ4n) is 11.4. The number of hydrogen-bond donors (Lipinski definition) is 0. The molecule has 0 N–H and O–H groups in total. The van der Waals surface area contributed by atoms with Crippen molar-refractivity contribution in [3.05, 3.63) is 204 Å². The lowest BCUT2D eigenvalue weighted by atomic mass is 9.77. The maximum absolute atomic E-state index is 9.52. The van der Waals surface area contributed by atoms with Gasteiger partial charge in [-0.05, 0) is 139 Å². The average Bonchev–Trinajstić information content (AvgIpc) is 2.07. The van der Waals surface area contributed by atoms with E-state index in [4.69, 9.17) is 13.8 Å². The van der Waals surface area contributed by atoms with Gasteiger partial charge in [0.2, 0.25) is 0 Å². The molecule has 0 saturated heterocycles. The molecule has 12 rings (SSSR count). The number of rotatable bonds is 7. The molecule has 0 fully saturated rings. The van der Waals surface area contributed by atoms with Gasteiger partial charge in [0, 0.05) is 66.1 Å². The molecular formula is C74H76N4OS. The normalized spacial score (nSPS) is 14.5. The number of benzene rings is 8. The number of hydrogen-bond acceptors (Lipinski definition) is 5. The van der Waals surface area contributed by atoms with Crippen molar-refractivity contribution in [3.8, 4) is 39.6 Å². The predicted molar refractivity (Wildman–Crippen MR) is 344 cm³/mol. The van der Waals surface area contributed by atoms with E-state index >= 15 is 0 Å². The lowest BCUT2D eigenvalue weighted by Gasteiger charge is -2.31. The summed E-state index contributed by atoms with van der Waals surface area (Å²) in [6.45, 7) is 33.8. The molecule has 0 bridgehead atoms. The van der Waals surface area contributed by atoms with Crippen molar-refractivity contribution in [2.75, 3.05) is 16.5 Å². The first-order valence-electron chi connectivity index (χ1n) is 30.6. The Morgan fingerprint density at radius 1 is 0.475 bits per heavy atom. The first-order chi connectivity index (χ1) is 39.9. The number of anilines is 4. The van der Waals surface area contributed by atoms with Crippen LogP contribution in [0.15, 0.2) is 176 Å². The molecule has 4 heterocycles. The summed E-state index contributed by atoms with van der Waals surface area (Å²) in [5.41, 5.74) is 13.3. The highest BCUT2D eigenvalue weighted by atomic mass is 32.1. The van der Waals surface area contributed by atoms with Gasteiger partial charge in [-0.1, -0.05) is 189 Å². The fraction of sp³-hybridized carbons (Fsp3) is 0.284. The van der Waals surface area contributed by atoms with Crippen LogP contribution in [0.4, 0.5) is 22.7 Å². The number of nitrogens with zero attached hydrogens (tertiary/aromatic N) is 4. The van der Waals surface area contributed by atoms with Crippen molar-refractivity contribution < 1.29 is 11.6 Å². The highest BCUT2D eigenvalue weighted by molar-refractivity contribution is 7.26. The minimum absolute atomic E-state index is 0.0264. The third-order valence-corrected chi connectivity index (χ3v) is 17.3. The molecule has 1 aliphatic rings. The Labute approximate surface area is 485 Å². The number of fused-ring (bicyclic) bond motifs is 8. The first kappa shape index (κ1) is 47.2. The molecule has 5 nitrogen and oxygen atoms in total. The van der Waals surface area contributed by atoms with Gasteiger partial charge in [-0.3, -0.25) is 4.57 Å². The summed E-state index contributed by atoms with van der Waals surface area (Å²) in [4.78, 5) is 9.60. The minimum Gasteiger partial charge on any atom is -0.457 e. The Bertz CT molecular complexity index is 4480. The maximum atomic E-state index is 9.52. The van der Waals surface area contributed by atoms with Crippen LogP contribution in [0.5, 0.6) is 11.5 Å². The summed E-state index contributed by atoms with van der Waals surface area (Å²) in [5.74, 6) is 2.20. The number of aromatic nitrogens is 2. The second-order valence-electron chi connectivity index (χ2n) is 27.1. The Balaban J connectivity index is 1.01. The Kier molecular flexibility index (Phi) is 11.2. The van der Waals surface area contributed by atoms with Crippen LogP contribution >= 0.6 is 11.3 Å². The van der Waals surface area contributed by atoms with Gasteiger partial charge in [-0.2, -0.15) is 0 Å². The van der Waals surface area contributed by atoms with Crippen LogP contribution in [-0.2, 0) is 27.1 Å². The van der Waals surface area contributed by atoms with Crippen LogP contribution in [0.2, 0.25) is 0 Å². The minimum atomic E-state index is -0.423. The smallest absolute Gasteiger partial charge is 0.137 e. The fourth-order valence-corrected chi connectivity index (χ4v) is 12.7. The third-order valence-electron chi connectivity index (χ3n) is 16.1. The summed E-state index contributed by atoms with van der Waals surface area (Å²) < 4.78 is 57.5. The Morgan fingerprint density at radius 3 is 1.73 bits per heavy atom. The molecule has 0 aliphatic carbocycles. The molecule has 6 heteroatoms. The zero-order valence-electron chi connectivity index (χ0n) is 54.2. The van der Waals surface area contributed by atoms with Gasteiger partial charge in [-0.15, -0.1) is 11.3 Å². The largest absolute Gasteiger partial charge is 0.457 e. The lowest BCUT2D eigenvalue weighted by molar-refractivity contribution is 0.483. The average molecular weight is 1070 g/mol. The molecule has 0 radical (unpaired) electrons. The third kappa shape index (κ3) is 9.53. The summed E-state index contributed by atoms with van der Waals surface area (Å²) in [5, 5.41) is 4.83. The predicted octanol–water partition coefficient (Wildman–Crippen LogP) is 21.4. The van der Waals surface area contributed by atoms with Crippen LogP contribution in [0.3, 0.4) is 0 Å². The van der Waals surface area contributed by atoms with E-state index in [2.05, 4.69) is 233 Å². The van der Waals surface area contributed by atoms with Crippen molar-refractivity contribution in [1.29, 1.82) is 0 Å². The molecule has 0 amide bonds. The van der Waals surface area contributed by atoms with Crippen LogP contribution < -0.4 is 14.5 Å². The van der Waals surface area contributed by atoms with Gasteiger partial charge in [0.25, 0.3) is 0 Å². The Morgan fingerprint density at radius 2 is 1.06 bits per heavy atom. The second-order valence-corrected chi connectivity index (χ2v) is 28.2. The molecule has 404 valence electrons. The van der Waals surface area contributed by atoms with E-state index in [1.54, 1.807) is 0 Å². The quantitative estimate of drug-likeness (QED) is 0.159. The van der Waals surface area contributed by atoms with E-state index in [-0.39, 0.29) is 56.8 Å². The van der Waals surface area contributed by atoms with E-state index in [1.165, 1.54) is 47.8 Å². The highest BCUT2D eigenvalue weighted by Gasteiger charge is 2.34. The molecule has 3 aromatic heterocycles. The molecule has 1 aliphatic heterocycles. The summed E-state index contributed by atoms with van der Waals surface area (Å²) in [7, 11) is 0. The molecule has 80 heavy (non-hydrogen) atoms. The van der Waals surface area contributed by atoms with Gasteiger partial charge in [-0.25, -0.2) is 4.98 Å². The van der Waals surface area contributed by atoms with Gasteiger partial charge >= 0.3 is 0 Å². The van der Waals surface area contributed by atoms with Crippen molar-refractivity contribution in [2.24, 2.45) is 0 Å². The molecule has 0 atom stereocenters. The van der Waals surface area contributed by atoms with Crippen molar-refractivity contribution in [3.63, 3.8) is 0 Å². The zero-order chi connectivity index (χ0) is 60.8. The van der Waals surface area contributed by atoms with Gasteiger partial charge in [0.1, 0.15) is 24.0 Å². The van der Waals surface area contributed by atoms with Crippen LogP contribution in [0.1, 0.15) is 139 Å². The van der Waals surface area contributed by atoms with Crippen LogP contribution in [-0.4, -0.2) is 16.2 Å². The first-order valence-corrected chi connectivity index (χ1v) is 28.9. The summed E-state index contributed by atoms with van der Waals surface area (Å²) in [6, 6.07) is 48.4. The van der Waals surface area contributed by atoms with E-state index in [9.17, 15) is 2.74 Å². The zero-order valence-corrected chi connectivity index (χ0v) is 50.0. The highest BCUT2D eigenvalue weighted by Crippen LogP contribution is 2.53. The number of para-hydroxylation sites is 2. The van der Waals surface area contributed by atoms with Crippen LogP contribution in [0, 0.1) is 0 Å². The van der Waals surface area contributed by atoms with Gasteiger partial charge in [0.05, 0.1) is 34.9 Å². The van der Waals surface area contributed by atoms with Crippen molar-refractivity contribution in [1.82, 2.24) is 9.55 Å². The maximum Gasteiger partial charge on any atom is 0.137 e. The molecule has 11 aromatic rings. The molecule has 0 unspecified atom stereocenters. The standard InChI is InChI=1S/C74H76N4OS/c1-70(2,3)48-28-30-56-57-32-33-63-67(69(57)80-65(56)41-48)58-31-29-55(44-64(58)78(63)66-42-49(34-35-75-66)71(4,5)6)79-54-25-21-24-53(43-54)76-45-77(62-27-20-19-26-61(62)76)68-59(46-22-17-16-18-23-46)39-52(74(13,14)15)40-60(68)47-36-50(72(7,8)9)38-51(37-47)73(10,11)12/h16-44H,45H2,1-15H3/i16D,17D,18D,22D,23D. The summed E-state index contributed by atoms with van der Waals surface area (Å²) in [6.07, 6.45) is 1.93. The van der Waals surface area contributed by atoms with E-state index < -0.39 is 6.04 Å². The SMILES string of the molecule is [2H]c1c([2H])c([2H])c(-c2cc(C(C)(C)C)cc(-c3cc(C(C)(C)C)cc(C(C)(C)C)c3)c2N2CN(c3cccc(Oc4ccc5c6c7sc8cc(C(C)(C)C)ccc8c7ccc6n(-c6cc(C(C)(C)C)ccn6)c5c4)c3)c3ccccc32)c([2H])c1[2H]. The topological polar surface area (TPSA) is 33.5 Å². The van der Waals surface area contributed by atoms with E-state index in [1.807, 2.05) is 41.8 Å². The molecule has 8 aromatic carbocycles. The molecule has 0 spiro atoms. The van der Waals surface area contributed by atoms with Crippen molar-refractivity contribution in [2.45, 2.75) is 131 Å². The van der Waals surface area contributed by atoms with E-state index in [0.717, 1.165) is 61.7 Å². The van der Waals surface area contributed by atoms with Gasteiger partial charge < -0.3 is 14.5 Å². The number of thiophene rings is 1. The Hall–Kier alpha value is -7.67. The monoisotopic (exact) mass is 1070 g/mol. The van der Waals surface area contributed by atoms with Gasteiger partial charge in [0.15, 0.2) is 0 Å². The molecule has 0 saturated carbocycles. The number of pyridine rings is 1. The molecular weight excluding hydrogens is 993 g/mol. The summed E-state index contributed by atoms with van der Waals surface area (Å²) >= 11 is 1.86. The van der Waals surface area contributed by atoms with Crippen LogP contribution in [0.25, 0.3) is 70.0 Å². The van der Waals surface area contributed by atoms with E-state index in [0.29, 0.717) is 23.7 Å². The lowest BCUT2D eigenvalue weighted by Crippen LogP contribution is -2.25.